The second-order valence-corrected chi connectivity index (χ2v) is 8.19. The minimum atomic E-state index is -0.327. The first-order valence-corrected chi connectivity index (χ1v) is 9.91. The Balaban J connectivity index is 1.45. The van der Waals surface area contributed by atoms with Gasteiger partial charge < -0.3 is 10.2 Å². The Morgan fingerprint density at radius 2 is 2.00 bits per heavy atom. The van der Waals surface area contributed by atoms with Gasteiger partial charge >= 0.3 is 0 Å². The molecule has 0 aliphatic carbocycles. The van der Waals surface area contributed by atoms with Crippen LogP contribution in [-0.4, -0.2) is 63.1 Å². The van der Waals surface area contributed by atoms with Gasteiger partial charge in [-0.2, -0.15) is 5.10 Å². The standard InChI is InChI=1S/C21H26FN5O2/c1-15(28)24-21-7-8-25(12-18(21)13-26(14-21)16(2)29)10-17-9-23-27(11-17)20-5-3-19(22)4-6-20/h3-6,9,11,18H,7-8,10,12-14H2,1-2H3,(H,24,28)/t18-,21-/m1/s1. The maximum absolute atomic E-state index is 13.1. The van der Waals surface area contributed by atoms with Crippen molar-refractivity contribution < 1.29 is 14.0 Å². The van der Waals surface area contributed by atoms with Gasteiger partial charge in [0.15, 0.2) is 0 Å². The number of halogens is 1. The molecule has 2 aromatic rings. The van der Waals surface area contributed by atoms with E-state index in [4.69, 9.17) is 0 Å². The van der Waals surface area contributed by atoms with Crippen LogP contribution in [0.1, 0.15) is 25.8 Å². The number of hydrogen-bond acceptors (Lipinski definition) is 4. The first-order valence-electron chi connectivity index (χ1n) is 9.91. The van der Waals surface area contributed by atoms with Crippen molar-refractivity contribution in [2.45, 2.75) is 32.4 Å². The summed E-state index contributed by atoms with van der Waals surface area (Å²) >= 11 is 0. The molecule has 2 saturated heterocycles. The summed E-state index contributed by atoms with van der Waals surface area (Å²) in [5.41, 5.74) is 1.56. The van der Waals surface area contributed by atoms with Crippen molar-refractivity contribution in [2.75, 3.05) is 26.2 Å². The van der Waals surface area contributed by atoms with Crippen LogP contribution >= 0.6 is 0 Å². The lowest BCUT2D eigenvalue weighted by molar-refractivity contribution is -0.128. The molecule has 2 amide bonds. The molecule has 2 aliphatic heterocycles. The Labute approximate surface area is 169 Å². The number of aromatic nitrogens is 2. The van der Waals surface area contributed by atoms with Gasteiger partial charge in [-0.25, -0.2) is 9.07 Å². The van der Waals surface area contributed by atoms with Gasteiger partial charge in [0, 0.05) is 64.2 Å². The van der Waals surface area contributed by atoms with Crippen molar-refractivity contribution in [2.24, 2.45) is 5.92 Å². The van der Waals surface area contributed by atoms with Gasteiger partial charge in [0.25, 0.3) is 0 Å². The van der Waals surface area contributed by atoms with Crippen molar-refractivity contribution in [3.05, 3.63) is 48.0 Å². The molecule has 2 fully saturated rings. The SMILES string of the molecule is CC(=O)N[C@@]12CCN(Cc3cnn(-c4ccc(F)cc4)c3)C[C@@H]1CN(C(C)=O)C2. The summed E-state index contributed by atoms with van der Waals surface area (Å²) in [7, 11) is 0. The lowest BCUT2D eigenvalue weighted by Crippen LogP contribution is -2.60. The van der Waals surface area contributed by atoms with Crippen LogP contribution in [0.4, 0.5) is 4.39 Å². The molecule has 1 aromatic heterocycles. The number of nitrogens with one attached hydrogen (secondary N) is 1. The predicted octanol–water partition coefficient (Wildman–Crippen LogP) is 1.57. The molecule has 8 heteroatoms. The Morgan fingerprint density at radius 1 is 1.24 bits per heavy atom. The summed E-state index contributed by atoms with van der Waals surface area (Å²) in [4.78, 5) is 27.9. The maximum atomic E-state index is 13.1. The molecule has 0 saturated carbocycles. The molecule has 154 valence electrons. The Morgan fingerprint density at radius 3 is 2.69 bits per heavy atom. The third-order valence-electron chi connectivity index (χ3n) is 6.05. The van der Waals surface area contributed by atoms with Gasteiger partial charge in [-0.3, -0.25) is 14.5 Å². The highest BCUT2D eigenvalue weighted by molar-refractivity contribution is 5.76. The number of piperidine rings is 1. The van der Waals surface area contributed by atoms with Crippen LogP contribution in [0.15, 0.2) is 36.7 Å². The fourth-order valence-corrected chi connectivity index (χ4v) is 4.62. The minimum Gasteiger partial charge on any atom is -0.349 e. The second kappa shape index (κ2) is 7.59. The lowest BCUT2D eigenvalue weighted by atomic mass is 9.80. The molecule has 1 aromatic carbocycles. The summed E-state index contributed by atoms with van der Waals surface area (Å²) in [6.07, 6.45) is 4.60. The topological polar surface area (TPSA) is 70.5 Å². The van der Waals surface area contributed by atoms with E-state index in [0.717, 1.165) is 37.3 Å². The second-order valence-electron chi connectivity index (χ2n) is 8.19. The fourth-order valence-electron chi connectivity index (χ4n) is 4.62. The molecule has 0 spiro atoms. The van der Waals surface area contributed by atoms with Crippen LogP contribution in [0, 0.1) is 11.7 Å². The Hall–Kier alpha value is -2.74. The zero-order valence-electron chi connectivity index (χ0n) is 16.8. The van der Waals surface area contributed by atoms with E-state index < -0.39 is 0 Å². The zero-order valence-corrected chi connectivity index (χ0v) is 16.8. The van der Waals surface area contributed by atoms with Crippen molar-refractivity contribution in [3.8, 4) is 5.69 Å². The largest absolute Gasteiger partial charge is 0.349 e. The van der Waals surface area contributed by atoms with Crippen molar-refractivity contribution in [1.82, 2.24) is 24.9 Å². The number of fused-ring (bicyclic) bond motifs is 1. The summed E-state index contributed by atoms with van der Waals surface area (Å²) in [5.74, 6) is -0.0601. The lowest BCUT2D eigenvalue weighted by Gasteiger charge is -2.43. The molecule has 3 heterocycles. The number of benzene rings is 1. The van der Waals surface area contributed by atoms with E-state index in [9.17, 15) is 14.0 Å². The molecule has 2 atom stereocenters. The van der Waals surface area contributed by atoms with Gasteiger partial charge in [-0.15, -0.1) is 0 Å². The smallest absolute Gasteiger partial charge is 0.219 e. The Bertz CT molecular complexity index is 912. The molecule has 2 aliphatic rings. The van der Waals surface area contributed by atoms with Crippen LogP contribution in [0.25, 0.3) is 5.69 Å². The van der Waals surface area contributed by atoms with E-state index in [-0.39, 0.29) is 29.1 Å². The van der Waals surface area contributed by atoms with E-state index in [2.05, 4.69) is 15.3 Å². The zero-order chi connectivity index (χ0) is 20.6. The van der Waals surface area contributed by atoms with Crippen molar-refractivity contribution >= 4 is 11.8 Å². The van der Waals surface area contributed by atoms with Crippen LogP contribution < -0.4 is 5.32 Å². The summed E-state index contributed by atoms with van der Waals surface area (Å²) in [5, 5.41) is 7.54. The molecular weight excluding hydrogens is 373 g/mol. The van der Waals surface area contributed by atoms with Crippen molar-refractivity contribution in [3.63, 3.8) is 0 Å². The van der Waals surface area contributed by atoms with E-state index in [1.807, 2.05) is 17.3 Å². The fraction of sp³-hybridized carbons (Fsp3) is 0.476. The highest BCUT2D eigenvalue weighted by Crippen LogP contribution is 2.36. The van der Waals surface area contributed by atoms with Crippen LogP contribution in [0.3, 0.4) is 0 Å². The number of nitrogens with zero attached hydrogens (tertiary/aromatic N) is 4. The molecule has 4 rings (SSSR count). The third-order valence-corrected chi connectivity index (χ3v) is 6.05. The Kier molecular flexibility index (Phi) is 5.12. The molecule has 7 nitrogen and oxygen atoms in total. The molecule has 0 bridgehead atoms. The van der Waals surface area contributed by atoms with E-state index in [0.29, 0.717) is 13.1 Å². The highest BCUT2D eigenvalue weighted by Gasteiger charge is 2.50. The average Bonchev–Trinajstić information content (AvgIpc) is 3.27. The van der Waals surface area contributed by atoms with Crippen molar-refractivity contribution in [1.29, 1.82) is 0 Å². The molecule has 0 radical (unpaired) electrons. The first-order chi connectivity index (χ1) is 13.8. The third kappa shape index (κ3) is 4.03. The number of amides is 2. The maximum Gasteiger partial charge on any atom is 0.219 e. The normalized spacial score (nSPS) is 24.4. The first kappa shape index (κ1) is 19.6. The number of carbonyl (C=O) groups excluding carboxylic acids is 2. The van der Waals surface area contributed by atoms with Crippen LogP contribution in [-0.2, 0) is 16.1 Å². The van der Waals surface area contributed by atoms with E-state index in [1.54, 1.807) is 30.7 Å². The number of rotatable bonds is 4. The average molecular weight is 399 g/mol. The molecular formula is C21H26FN5O2. The van der Waals surface area contributed by atoms with Crippen LogP contribution in [0.5, 0.6) is 0 Å². The molecule has 0 unspecified atom stereocenters. The highest BCUT2D eigenvalue weighted by atomic mass is 19.1. The number of hydrogen-bond donors (Lipinski definition) is 1. The van der Waals surface area contributed by atoms with Crippen LogP contribution in [0.2, 0.25) is 0 Å². The molecule has 1 N–H and O–H groups in total. The molecule has 29 heavy (non-hydrogen) atoms. The van der Waals surface area contributed by atoms with E-state index >= 15 is 0 Å². The van der Waals surface area contributed by atoms with E-state index in [1.165, 1.54) is 12.1 Å². The number of likely N-dealkylation sites (tertiary alicyclic amines) is 2. The van der Waals surface area contributed by atoms with Gasteiger partial charge in [0.05, 0.1) is 17.4 Å². The quantitative estimate of drug-likeness (QED) is 0.847. The van der Waals surface area contributed by atoms with Gasteiger partial charge in [-0.05, 0) is 30.7 Å². The van der Waals surface area contributed by atoms with Gasteiger partial charge in [0.1, 0.15) is 5.82 Å². The summed E-state index contributed by atoms with van der Waals surface area (Å²) in [6.45, 7) is 6.77. The predicted molar refractivity (Wildman–Crippen MR) is 106 cm³/mol. The van der Waals surface area contributed by atoms with Gasteiger partial charge in [0.2, 0.25) is 11.8 Å². The summed E-state index contributed by atoms with van der Waals surface area (Å²) < 4.78 is 14.9. The summed E-state index contributed by atoms with van der Waals surface area (Å²) in [6, 6.07) is 6.24. The monoisotopic (exact) mass is 399 g/mol. The minimum absolute atomic E-state index is 0.0468. The van der Waals surface area contributed by atoms with Gasteiger partial charge in [-0.1, -0.05) is 0 Å². The number of carbonyl (C=O) groups is 2.